The summed E-state index contributed by atoms with van der Waals surface area (Å²) in [6, 6.07) is 3.38. The van der Waals surface area contributed by atoms with Crippen molar-refractivity contribution in [3.05, 3.63) is 22.5 Å². The number of thiophene rings is 1. The molecule has 0 spiro atoms. The van der Waals surface area contributed by atoms with Crippen LogP contribution in [-0.2, 0) is 11.1 Å². The molecule has 0 aliphatic carbocycles. The summed E-state index contributed by atoms with van der Waals surface area (Å²) in [4.78, 5) is 5.18. The van der Waals surface area contributed by atoms with Gasteiger partial charge in [0.1, 0.15) is 0 Å². The summed E-state index contributed by atoms with van der Waals surface area (Å²) in [6.45, 7) is 1.93. The maximum Gasteiger partial charge on any atom is 0.0914 e. The first-order valence-corrected chi connectivity index (χ1v) is 6.55. The Bertz CT molecular complexity index is 474. The van der Waals surface area contributed by atoms with E-state index in [1.807, 2.05) is 12.3 Å². The van der Waals surface area contributed by atoms with Crippen LogP contribution in [0.3, 0.4) is 0 Å². The Morgan fingerprint density at radius 3 is 2.79 bits per heavy atom. The molecular weight excluding hydrogens is 238 g/mol. The molecule has 0 aromatic carbocycles. The van der Waals surface area contributed by atoms with Gasteiger partial charge in [-0.3, -0.25) is 4.21 Å². The highest BCUT2D eigenvalue weighted by molar-refractivity contribution is 7.81. The molecule has 0 N–H and O–H groups in total. The minimum atomic E-state index is -2.13. The van der Waals surface area contributed by atoms with Crippen molar-refractivity contribution in [3.8, 4) is 10.6 Å². The van der Waals surface area contributed by atoms with Crippen LogP contribution < -0.4 is 0 Å². The highest BCUT2D eigenvalue weighted by Crippen LogP contribution is 2.30. The Kier molecular flexibility index (Phi) is 2.78. The van der Waals surface area contributed by atoms with Crippen LogP contribution in [0.1, 0.15) is 5.01 Å². The first-order valence-electron chi connectivity index (χ1n) is 3.78. The molecule has 0 aliphatic heterocycles. The molecule has 0 radical (unpaired) electrons. The lowest BCUT2D eigenvalue weighted by atomic mass is 10.4. The molecule has 0 aliphatic rings. The van der Waals surface area contributed by atoms with Crippen molar-refractivity contribution < 1.29 is 8.76 Å². The van der Waals surface area contributed by atoms with E-state index in [2.05, 4.69) is 4.98 Å². The smallest absolute Gasteiger partial charge is 0.0914 e. The lowest BCUT2D eigenvalue weighted by molar-refractivity contribution is 0.539. The Morgan fingerprint density at radius 1 is 1.50 bits per heavy atom. The van der Waals surface area contributed by atoms with Gasteiger partial charge in [0.15, 0.2) is 0 Å². The lowest BCUT2D eigenvalue weighted by Gasteiger charge is -1.97. The predicted molar refractivity (Wildman–Crippen MR) is 57.3 cm³/mol. The molecule has 2 heterocycles. The van der Waals surface area contributed by atoms with Gasteiger partial charge in [-0.1, -0.05) is 0 Å². The molecule has 1 unspecified atom stereocenters. The summed E-state index contributed by atoms with van der Waals surface area (Å²) >= 11 is 0.666. The third-order valence-corrected chi connectivity index (χ3v) is 4.42. The van der Waals surface area contributed by atoms with Gasteiger partial charge < -0.3 is 4.55 Å². The summed E-state index contributed by atoms with van der Waals surface area (Å²) < 4.78 is 21.6. The number of thiazole rings is 1. The molecular formula is C8H6NO2S3-. The third-order valence-electron chi connectivity index (χ3n) is 1.62. The lowest BCUT2D eigenvalue weighted by Crippen LogP contribution is -1.80. The van der Waals surface area contributed by atoms with Crippen molar-refractivity contribution in [3.63, 3.8) is 0 Å². The second-order valence-corrected chi connectivity index (χ2v) is 5.92. The van der Waals surface area contributed by atoms with E-state index in [-0.39, 0.29) is 0 Å². The average Bonchev–Trinajstić information content (AvgIpc) is 2.70. The number of aryl methyl sites for hydroxylation is 1. The Morgan fingerprint density at radius 2 is 2.29 bits per heavy atom. The maximum absolute atomic E-state index is 10.6. The molecule has 0 amide bonds. The molecule has 74 valence electrons. The van der Waals surface area contributed by atoms with Gasteiger partial charge >= 0.3 is 0 Å². The fourth-order valence-corrected chi connectivity index (χ4v) is 3.13. The first kappa shape index (κ1) is 9.97. The largest absolute Gasteiger partial charge is 0.768 e. The molecule has 2 aromatic heterocycles. The third kappa shape index (κ3) is 1.93. The van der Waals surface area contributed by atoms with Crippen LogP contribution in [0.25, 0.3) is 10.6 Å². The fraction of sp³-hybridized carbons (Fsp3) is 0.125. The Balaban J connectivity index is 2.38. The first-order chi connectivity index (χ1) is 6.66. The van der Waals surface area contributed by atoms with Crippen LogP contribution in [0.5, 0.6) is 0 Å². The average molecular weight is 244 g/mol. The van der Waals surface area contributed by atoms with Crippen molar-refractivity contribution in [2.75, 3.05) is 0 Å². The van der Waals surface area contributed by atoms with Gasteiger partial charge in [-0.25, -0.2) is 4.98 Å². The zero-order valence-electron chi connectivity index (χ0n) is 7.22. The zero-order valence-corrected chi connectivity index (χ0v) is 9.67. The minimum Gasteiger partial charge on any atom is -0.768 e. The molecule has 6 heteroatoms. The molecule has 0 saturated carbocycles. The quantitative estimate of drug-likeness (QED) is 0.762. The van der Waals surface area contributed by atoms with Crippen LogP contribution in [0.15, 0.2) is 21.7 Å². The minimum absolute atomic E-state index is 0.352. The normalized spacial score (nSPS) is 13.0. The number of hydrogen-bond acceptors (Lipinski definition) is 5. The Hall–Kier alpha value is -0.560. The van der Waals surface area contributed by atoms with Gasteiger partial charge in [0.2, 0.25) is 0 Å². The summed E-state index contributed by atoms with van der Waals surface area (Å²) in [5.74, 6) is 0. The van der Waals surface area contributed by atoms with Crippen molar-refractivity contribution in [1.82, 2.24) is 4.98 Å². The van der Waals surface area contributed by atoms with Gasteiger partial charge in [0.25, 0.3) is 0 Å². The zero-order chi connectivity index (χ0) is 10.1. The van der Waals surface area contributed by atoms with Gasteiger partial charge in [0.05, 0.1) is 19.8 Å². The highest BCUT2D eigenvalue weighted by atomic mass is 32.2. The summed E-state index contributed by atoms with van der Waals surface area (Å²) in [6.07, 6.45) is 0. The van der Waals surface area contributed by atoms with Gasteiger partial charge in [0, 0.05) is 5.38 Å². The highest BCUT2D eigenvalue weighted by Gasteiger charge is 2.05. The van der Waals surface area contributed by atoms with Crippen molar-refractivity contribution in [1.29, 1.82) is 0 Å². The second-order valence-electron chi connectivity index (χ2n) is 2.61. The van der Waals surface area contributed by atoms with E-state index in [1.54, 1.807) is 23.5 Å². The van der Waals surface area contributed by atoms with E-state index in [0.717, 1.165) is 15.6 Å². The molecule has 14 heavy (non-hydrogen) atoms. The van der Waals surface area contributed by atoms with Crippen molar-refractivity contribution >= 4 is 33.8 Å². The van der Waals surface area contributed by atoms with Crippen LogP contribution in [0.4, 0.5) is 0 Å². The second kappa shape index (κ2) is 3.90. The van der Waals surface area contributed by atoms with Crippen LogP contribution in [0, 0.1) is 6.92 Å². The van der Waals surface area contributed by atoms with Crippen molar-refractivity contribution in [2.24, 2.45) is 0 Å². The summed E-state index contributed by atoms with van der Waals surface area (Å²) in [7, 11) is 0. The van der Waals surface area contributed by atoms with E-state index in [4.69, 9.17) is 0 Å². The predicted octanol–water partition coefficient (Wildman–Crippen LogP) is 2.42. The Labute approximate surface area is 91.7 Å². The van der Waals surface area contributed by atoms with E-state index in [9.17, 15) is 8.76 Å². The van der Waals surface area contributed by atoms with Gasteiger partial charge in [-0.15, -0.1) is 22.7 Å². The topological polar surface area (TPSA) is 53.0 Å². The van der Waals surface area contributed by atoms with E-state index in [0.29, 0.717) is 4.21 Å². The molecule has 0 fully saturated rings. The number of aromatic nitrogens is 1. The number of rotatable bonds is 2. The van der Waals surface area contributed by atoms with E-state index in [1.165, 1.54) is 11.3 Å². The number of nitrogens with zero attached hydrogens (tertiary/aromatic N) is 1. The maximum atomic E-state index is 10.6. The molecule has 0 bridgehead atoms. The SMILES string of the molecule is Cc1nc(-c2ccc(S(=O)[O-])s2)cs1. The molecule has 2 rings (SSSR count). The standard InChI is InChI=1S/C8H7NO2S3/c1-5-9-6(4-12-5)7-2-3-8(13-7)14(10)11/h2-4H,1H3,(H,10,11)/p-1. The molecule has 1 atom stereocenters. The van der Waals surface area contributed by atoms with Crippen LogP contribution in [0.2, 0.25) is 0 Å². The van der Waals surface area contributed by atoms with E-state index >= 15 is 0 Å². The van der Waals surface area contributed by atoms with E-state index < -0.39 is 11.1 Å². The molecule has 2 aromatic rings. The van der Waals surface area contributed by atoms with Crippen LogP contribution >= 0.6 is 22.7 Å². The summed E-state index contributed by atoms with van der Waals surface area (Å²) in [5.41, 5.74) is 0.856. The van der Waals surface area contributed by atoms with Crippen LogP contribution in [-0.4, -0.2) is 13.7 Å². The van der Waals surface area contributed by atoms with Gasteiger partial charge in [-0.2, -0.15) is 0 Å². The fourth-order valence-electron chi connectivity index (χ4n) is 1.02. The monoisotopic (exact) mass is 244 g/mol. The molecule has 0 saturated heterocycles. The summed E-state index contributed by atoms with van der Waals surface area (Å²) in [5, 5.41) is 2.91. The van der Waals surface area contributed by atoms with Crippen molar-refractivity contribution in [2.45, 2.75) is 11.1 Å². The number of hydrogen-bond donors (Lipinski definition) is 0. The molecule has 3 nitrogen and oxygen atoms in total. The van der Waals surface area contributed by atoms with Gasteiger partial charge in [-0.05, 0) is 30.1 Å².